The van der Waals surface area contributed by atoms with Gasteiger partial charge in [0.05, 0.1) is 0 Å². The fourth-order valence-corrected chi connectivity index (χ4v) is 2.62. The summed E-state index contributed by atoms with van der Waals surface area (Å²) in [7, 11) is 0. The fourth-order valence-electron chi connectivity index (χ4n) is 2.62. The maximum Gasteiger partial charge on any atom is 0.542 e. The van der Waals surface area contributed by atoms with Gasteiger partial charge < -0.3 is 4.42 Å². The molecule has 0 bridgehead atoms. The molecule has 0 amide bonds. The maximum atomic E-state index is 10.8. The van der Waals surface area contributed by atoms with Gasteiger partial charge in [-0.05, 0) is 47.9 Å². The number of nitrogens with zero attached hydrogens (tertiary/aromatic N) is 1. The first-order valence-corrected chi connectivity index (χ1v) is 7.53. The summed E-state index contributed by atoms with van der Waals surface area (Å²) in [5.74, 6) is 0.388. The number of hydrogen-bond donors (Lipinski definition) is 0. The SMILES string of the molecule is O=c1onc(CCC/C(=C\C2CCC2)c2ccccc2)o1. The van der Waals surface area contributed by atoms with E-state index in [-0.39, 0.29) is 0 Å². The molecule has 0 aliphatic heterocycles. The summed E-state index contributed by atoms with van der Waals surface area (Å²) in [6.07, 6.45) is 8.83. The first kappa shape index (κ1) is 13.9. The van der Waals surface area contributed by atoms with Gasteiger partial charge >= 0.3 is 5.82 Å². The van der Waals surface area contributed by atoms with Crippen molar-refractivity contribution in [3.8, 4) is 0 Å². The van der Waals surface area contributed by atoms with Crippen molar-refractivity contribution >= 4 is 5.57 Å². The first-order valence-electron chi connectivity index (χ1n) is 7.53. The van der Waals surface area contributed by atoms with Crippen molar-refractivity contribution in [2.45, 2.75) is 38.5 Å². The molecule has 3 rings (SSSR count). The van der Waals surface area contributed by atoms with E-state index in [1.807, 2.05) is 6.07 Å². The number of aromatic nitrogens is 1. The van der Waals surface area contributed by atoms with Crippen molar-refractivity contribution in [1.82, 2.24) is 5.16 Å². The lowest BCUT2D eigenvalue weighted by Crippen LogP contribution is -2.08. The summed E-state index contributed by atoms with van der Waals surface area (Å²) in [6, 6.07) is 10.5. The summed E-state index contributed by atoms with van der Waals surface area (Å²) in [4.78, 5) is 10.8. The molecule has 1 aromatic heterocycles. The minimum Gasteiger partial charge on any atom is -0.375 e. The van der Waals surface area contributed by atoms with Gasteiger partial charge in [0.25, 0.3) is 0 Å². The number of aryl methyl sites for hydroxylation is 1. The topological polar surface area (TPSA) is 56.2 Å². The van der Waals surface area contributed by atoms with Crippen LogP contribution in [0.3, 0.4) is 0 Å². The Kier molecular flexibility index (Phi) is 4.34. The third-order valence-electron chi connectivity index (χ3n) is 3.99. The van der Waals surface area contributed by atoms with Gasteiger partial charge in [-0.25, -0.2) is 4.79 Å². The highest BCUT2D eigenvalue weighted by Crippen LogP contribution is 2.32. The highest BCUT2D eigenvalue weighted by atomic mass is 16.6. The number of allylic oxidation sites excluding steroid dienone is 2. The van der Waals surface area contributed by atoms with Crippen molar-refractivity contribution in [1.29, 1.82) is 0 Å². The van der Waals surface area contributed by atoms with Crippen molar-refractivity contribution in [3.05, 3.63) is 58.5 Å². The molecule has 0 atom stereocenters. The van der Waals surface area contributed by atoms with Crippen molar-refractivity contribution < 1.29 is 8.94 Å². The zero-order valence-electron chi connectivity index (χ0n) is 12.0. The van der Waals surface area contributed by atoms with E-state index in [2.05, 4.69) is 40.0 Å². The largest absolute Gasteiger partial charge is 0.542 e. The minimum atomic E-state index is -0.724. The van der Waals surface area contributed by atoms with Crippen LogP contribution in [0.5, 0.6) is 0 Å². The molecule has 0 N–H and O–H groups in total. The average molecular weight is 285 g/mol. The fraction of sp³-hybridized carbons (Fsp3) is 0.412. The molecular weight excluding hydrogens is 266 g/mol. The van der Waals surface area contributed by atoms with E-state index in [0.717, 1.165) is 18.8 Å². The molecule has 0 unspecified atom stereocenters. The van der Waals surface area contributed by atoms with Crippen LogP contribution in [0.15, 0.2) is 50.1 Å². The monoisotopic (exact) mass is 285 g/mol. The van der Waals surface area contributed by atoms with E-state index >= 15 is 0 Å². The number of rotatable bonds is 6. The molecule has 0 radical (unpaired) electrons. The molecule has 1 heterocycles. The van der Waals surface area contributed by atoms with Crippen LogP contribution in [-0.4, -0.2) is 5.16 Å². The Bertz CT molecular complexity index is 650. The van der Waals surface area contributed by atoms with Gasteiger partial charge in [-0.1, -0.05) is 42.8 Å². The highest BCUT2D eigenvalue weighted by molar-refractivity contribution is 5.65. The van der Waals surface area contributed by atoms with Crippen molar-refractivity contribution in [3.63, 3.8) is 0 Å². The van der Waals surface area contributed by atoms with Crippen LogP contribution in [0.25, 0.3) is 5.57 Å². The Hall–Kier alpha value is -2.10. The average Bonchev–Trinajstić information content (AvgIpc) is 2.87. The van der Waals surface area contributed by atoms with Crippen LogP contribution in [0.4, 0.5) is 0 Å². The molecule has 21 heavy (non-hydrogen) atoms. The van der Waals surface area contributed by atoms with Crippen LogP contribution >= 0.6 is 0 Å². The lowest BCUT2D eigenvalue weighted by Gasteiger charge is -2.23. The molecular formula is C17H19NO3. The lowest BCUT2D eigenvalue weighted by molar-refractivity contribution is 0.334. The van der Waals surface area contributed by atoms with Gasteiger partial charge in [0.15, 0.2) is 0 Å². The van der Waals surface area contributed by atoms with E-state index in [4.69, 9.17) is 4.42 Å². The molecule has 1 fully saturated rings. The third kappa shape index (κ3) is 3.72. The molecule has 110 valence electrons. The summed E-state index contributed by atoms with van der Waals surface area (Å²) < 4.78 is 9.24. The van der Waals surface area contributed by atoms with E-state index in [1.54, 1.807) is 0 Å². The molecule has 1 aliphatic carbocycles. The van der Waals surface area contributed by atoms with Crippen molar-refractivity contribution in [2.75, 3.05) is 0 Å². The molecule has 4 heteroatoms. The minimum absolute atomic E-state index is 0.385. The normalized spacial score (nSPS) is 15.9. The van der Waals surface area contributed by atoms with Gasteiger partial charge in [0, 0.05) is 6.42 Å². The Labute approximate surface area is 123 Å². The number of benzene rings is 1. The van der Waals surface area contributed by atoms with Gasteiger partial charge in [-0.2, -0.15) is 0 Å². The second kappa shape index (κ2) is 6.57. The predicted molar refractivity (Wildman–Crippen MR) is 79.7 cm³/mol. The molecule has 0 saturated heterocycles. The van der Waals surface area contributed by atoms with E-state index < -0.39 is 5.82 Å². The molecule has 2 aromatic rings. The molecule has 1 aromatic carbocycles. The predicted octanol–water partition coefficient (Wildman–Crippen LogP) is 3.83. The van der Waals surface area contributed by atoms with Crippen LogP contribution in [0, 0.1) is 5.92 Å². The van der Waals surface area contributed by atoms with Crippen molar-refractivity contribution in [2.24, 2.45) is 5.92 Å². The Morgan fingerprint density at radius 2 is 2.10 bits per heavy atom. The Morgan fingerprint density at radius 3 is 2.71 bits per heavy atom. The third-order valence-corrected chi connectivity index (χ3v) is 3.99. The molecule has 4 nitrogen and oxygen atoms in total. The summed E-state index contributed by atoms with van der Waals surface area (Å²) in [5.41, 5.74) is 2.66. The highest BCUT2D eigenvalue weighted by Gasteiger charge is 2.16. The van der Waals surface area contributed by atoms with Crippen LogP contribution in [0.1, 0.15) is 43.6 Å². The van der Waals surface area contributed by atoms with Gasteiger partial charge in [0.1, 0.15) is 0 Å². The standard InChI is InChI=1S/C17H19NO3/c19-17-20-16(18-21-17)11-5-10-15(12-13-6-4-7-13)14-8-2-1-3-9-14/h1-3,8-9,12-13H,4-7,10-11H2/b15-12+. The van der Waals surface area contributed by atoms with Gasteiger partial charge in [0.2, 0.25) is 5.89 Å². The summed E-state index contributed by atoms with van der Waals surface area (Å²) >= 11 is 0. The van der Waals surface area contributed by atoms with Crippen LogP contribution < -0.4 is 5.82 Å². The smallest absolute Gasteiger partial charge is 0.375 e. The molecule has 1 aliphatic rings. The Morgan fingerprint density at radius 1 is 1.29 bits per heavy atom. The second-order valence-corrected chi connectivity index (χ2v) is 5.53. The quantitative estimate of drug-likeness (QED) is 0.809. The number of hydrogen-bond acceptors (Lipinski definition) is 4. The second-order valence-electron chi connectivity index (χ2n) is 5.53. The van der Waals surface area contributed by atoms with Crippen LogP contribution in [-0.2, 0) is 6.42 Å². The zero-order chi connectivity index (χ0) is 14.5. The van der Waals surface area contributed by atoms with E-state index in [1.165, 1.54) is 30.4 Å². The lowest BCUT2D eigenvalue weighted by atomic mass is 9.82. The Balaban J connectivity index is 1.65. The van der Waals surface area contributed by atoms with E-state index in [0.29, 0.717) is 12.3 Å². The van der Waals surface area contributed by atoms with Crippen LogP contribution in [0.2, 0.25) is 0 Å². The summed E-state index contributed by atoms with van der Waals surface area (Å²) in [6.45, 7) is 0. The summed E-state index contributed by atoms with van der Waals surface area (Å²) in [5, 5.41) is 3.60. The van der Waals surface area contributed by atoms with E-state index in [9.17, 15) is 4.79 Å². The van der Waals surface area contributed by atoms with Gasteiger partial charge in [-0.3, -0.25) is 4.52 Å². The molecule has 1 saturated carbocycles. The first-order chi connectivity index (χ1) is 10.3. The maximum absolute atomic E-state index is 10.8. The molecule has 0 spiro atoms. The zero-order valence-corrected chi connectivity index (χ0v) is 12.0. The van der Waals surface area contributed by atoms with Gasteiger partial charge in [-0.15, -0.1) is 0 Å².